The molecule has 6 nitrogen and oxygen atoms in total. The average Bonchev–Trinajstić information content (AvgIpc) is 3.30. The fraction of sp³-hybridized carbons (Fsp3) is 0.611. The minimum Gasteiger partial charge on any atom is -0.461 e. The molecule has 2 aliphatic rings. The SMILES string of the molecule is N#CC1(NC(=O)CN2CCC[C@@H]2CC(=O)c2ccco2)CCCC1. The van der Waals surface area contributed by atoms with Gasteiger partial charge in [-0.1, -0.05) is 0 Å². The third kappa shape index (κ3) is 3.68. The van der Waals surface area contributed by atoms with Crippen LogP contribution in [0.25, 0.3) is 0 Å². The zero-order valence-electron chi connectivity index (χ0n) is 13.8. The Balaban J connectivity index is 1.55. The van der Waals surface area contributed by atoms with Crippen LogP contribution in [-0.2, 0) is 4.79 Å². The van der Waals surface area contributed by atoms with E-state index in [1.165, 1.54) is 6.26 Å². The van der Waals surface area contributed by atoms with Gasteiger partial charge in [-0.2, -0.15) is 5.26 Å². The van der Waals surface area contributed by atoms with Gasteiger partial charge < -0.3 is 9.73 Å². The van der Waals surface area contributed by atoms with Crippen molar-refractivity contribution in [1.82, 2.24) is 10.2 Å². The van der Waals surface area contributed by atoms with Crippen LogP contribution in [-0.4, -0.2) is 41.3 Å². The second kappa shape index (κ2) is 7.18. The van der Waals surface area contributed by atoms with Gasteiger partial charge in [-0.25, -0.2) is 0 Å². The molecule has 1 aromatic heterocycles. The summed E-state index contributed by atoms with van der Waals surface area (Å²) in [4.78, 5) is 26.6. The van der Waals surface area contributed by atoms with Crippen molar-refractivity contribution in [1.29, 1.82) is 5.26 Å². The van der Waals surface area contributed by atoms with Crippen LogP contribution in [0.3, 0.4) is 0 Å². The first kappa shape index (κ1) is 16.7. The molecule has 0 unspecified atom stereocenters. The fourth-order valence-corrected chi connectivity index (χ4v) is 3.82. The summed E-state index contributed by atoms with van der Waals surface area (Å²) >= 11 is 0. The first-order chi connectivity index (χ1) is 11.6. The van der Waals surface area contributed by atoms with Crippen LogP contribution in [0.4, 0.5) is 0 Å². The maximum absolute atomic E-state index is 12.4. The maximum Gasteiger partial charge on any atom is 0.235 e. The van der Waals surface area contributed by atoms with Crippen LogP contribution < -0.4 is 5.32 Å². The molecule has 0 radical (unpaired) electrons. The van der Waals surface area contributed by atoms with Crippen molar-refractivity contribution in [2.75, 3.05) is 13.1 Å². The van der Waals surface area contributed by atoms with Crippen LogP contribution in [0.15, 0.2) is 22.8 Å². The Kier molecular flexibility index (Phi) is 5.00. The molecule has 1 atom stereocenters. The van der Waals surface area contributed by atoms with Crippen LogP contribution in [0.1, 0.15) is 55.5 Å². The number of nitriles is 1. The Morgan fingerprint density at radius 2 is 2.17 bits per heavy atom. The normalized spacial score (nSPS) is 23.0. The molecule has 1 amide bonds. The predicted octanol–water partition coefficient (Wildman–Crippen LogP) is 2.27. The molecule has 24 heavy (non-hydrogen) atoms. The summed E-state index contributed by atoms with van der Waals surface area (Å²) in [6.45, 7) is 1.06. The number of hydrogen-bond donors (Lipinski definition) is 1. The van der Waals surface area contributed by atoms with Gasteiger partial charge in [-0.05, 0) is 57.2 Å². The lowest BCUT2D eigenvalue weighted by molar-refractivity contribution is -0.123. The molecule has 1 saturated carbocycles. The molecule has 0 spiro atoms. The molecule has 1 aliphatic carbocycles. The van der Waals surface area contributed by atoms with Gasteiger partial charge in [0.1, 0.15) is 5.54 Å². The van der Waals surface area contributed by atoms with Crippen molar-refractivity contribution in [2.24, 2.45) is 0 Å². The molecule has 3 rings (SSSR count). The van der Waals surface area contributed by atoms with E-state index in [1.807, 2.05) is 0 Å². The number of hydrogen-bond acceptors (Lipinski definition) is 5. The quantitative estimate of drug-likeness (QED) is 0.809. The second-order valence-electron chi connectivity index (χ2n) is 6.82. The third-order valence-electron chi connectivity index (χ3n) is 5.11. The van der Waals surface area contributed by atoms with E-state index >= 15 is 0 Å². The Morgan fingerprint density at radius 3 is 2.83 bits per heavy atom. The Morgan fingerprint density at radius 1 is 1.38 bits per heavy atom. The van der Waals surface area contributed by atoms with E-state index in [-0.39, 0.29) is 24.3 Å². The van der Waals surface area contributed by atoms with Crippen molar-refractivity contribution < 1.29 is 14.0 Å². The number of carbonyl (C=O) groups is 2. The van der Waals surface area contributed by atoms with Gasteiger partial charge in [0.05, 0.1) is 18.9 Å². The summed E-state index contributed by atoms with van der Waals surface area (Å²) in [5.41, 5.74) is -0.684. The maximum atomic E-state index is 12.4. The summed E-state index contributed by atoms with van der Waals surface area (Å²) < 4.78 is 5.15. The van der Waals surface area contributed by atoms with Gasteiger partial charge in [0.25, 0.3) is 0 Å². The van der Waals surface area contributed by atoms with Crippen LogP contribution in [0.5, 0.6) is 0 Å². The molecule has 6 heteroatoms. The highest BCUT2D eigenvalue weighted by atomic mass is 16.3. The zero-order valence-corrected chi connectivity index (χ0v) is 13.8. The predicted molar refractivity (Wildman–Crippen MR) is 87.2 cm³/mol. The second-order valence-corrected chi connectivity index (χ2v) is 6.82. The molecular weight excluding hydrogens is 306 g/mol. The fourth-order valence-electron chi connectivity index (χ4n) is 3.82. The molecular formula is C18H23N3O3. The first-order valence-corrected chi connectivity index (χ1v) is 8.65. The highest BCUT2D eigenvalue weighted by molar-refractivity contribution is 5.93. The first-order valence-electron chi connectivity index (χ1n) is 8.65. The topological polar surface area (TPSA) is 86.3 Å². The molecule has 1 aliphatic heterocycles. The minimum atomic E-state index is -0.684. The molecule has 1 N–H and O–H groups in total. The highest BCUT2D eigenvalue weighted by Crippen LogP contribution is 2.29. The number of furan rings is 1. The number of nitrogens with one attached hydrogen (secondary N) is 1. The summed E-state index contributed by atoms with van der Waals surface area (Å²) in [6.07, 6.45) is 7.18. The van der Waals surface area contributed by atoms with E-state index in [1.54, 1.807) is 12.1 Å². The van der Waals surface area contributed by atoms with Crippen molar-refractivity contribution in [3.05, 3.63) is 24.2 Å². The molecule has 1 saturated heterocycles. The lowest BCUT2D eigenvalue weighted by Gasteiger charge is -2.27. The Bertz CT molecular complexity index is 626. The molecule has 0 aromatic carbocycles. The van der Waals surface area contributed by atoms with Gasteiger partial charge in [-0.3, -0.25) is 14.5 Å². The number of nitrogens with zero attached hydrogens (tertiary/aromatic N) is 2. The summed E-state index contributed by atoms with van der Waals surface area (Å²) in [6, 6.07) is 5.72. The number of amides is 1. The van der Waals surface area contributed by atoms with E-state index in [4.69, 9.17) is 4.42 Å². The molecule has 128 valence electrons. The number of ketones is 1. The molecule has 0 bridgehead atoms. The molecule has 2 fully saturated rings. The van der Waals surface area contributed by atoms with E-state index in [0.29, 0.717) is 12.2 Å². The van der Waals surface area contributed by atoms with Crippen molar-refractivity contribution >= 4 is 11.7 Å². The number of rotatable bonds is 6. The number of likely N-dealkylation sites (tertiary alicyclic amines) is 1. The van der Waals surface area contributed by atoms with Crippen LogP contribution in [0, 0.1) is 11.3 Å². The van der Waals surface area contributed by atoms with Gasteiger partial charge in [0.2, 0.25) is 5.91 Å². The largest absolute Gasteiger partial charge is 0.461 e. The van der Waals surface area contributed by atoms with Gasteiger partial charge in [0, 0.05) is 12.5 Å². The van der Waals surface area contributed by atoms with E-state index in [0.717, 1.165) is 45.1 Å². The summed E-state index contributed by atoms with van der Waals surface area (Å²) in [7, 11) is 0. The standard InChI is InChI=1S/C18H23N3O3/c19-13-18(7-1-2-8-18)20-17(23)12-21-9-3-5-14(21)11-15(22)16-6-4-10-24-16/h4,6,10,14H,1-3,5,7-9,11-12H2,(H,20,23)/t14-/m1/s1. The highest BCUT2D eigenvalue weighted by Gasteiger charge is 2.36. The summed E-state index contributed by atoms with van der Waals surface area (Å²) in [5, 5.41) is 12.3. The third-order valence-corrected chi connectivity index (χ3v) is 5.11. The smallest absolute Gasteiger partial charge is 0.235 e. The van der Waals surface area contributed by atoms with E-state index in [2.05, 4.69) is 16.3 Å². The monoisotopic (exact) mass is 329 g/mol. The van der Waals surface area contributed by atoms with Gasteiger partial charge in [-0.15, -0.1) is 0 Å². The van der Waals surface area contributed by atoms with E-state index < -0.39 is 5.54 Å². The van der Waals surface area contributed by atoms with Crippen molar-refractivity contribution in [3.8, 4) is 6.07 Å². The summed E-state index contributed by atoms with van der Waals surface area (Å²) in [5.74, 6) is 0.234. The van der Waals surface area contributed by atoms with Crippen molar-refractivity contribution in [3.63, 3.8) is 0 Å². The Hall–Kier alpha value is -2.13. The zero-order chi connectivity index (χ0) is 17.0. The van der Waals surface area contributed by atoms with E-state index in [9.17, 15) is 14.9 Å². The molecule has 2 heterocycles. The number of carbonyl (C=O) groups excluding carboxylic acids is 2. The van der Waals surface area contributed by atoms with Gasteiger partial charge >= 0.3 is 0 Å². The molecule has 1 aromatic rings. The van der Waals surface area contributed by atoms with Crippen molar-refractivity contribution in [2.45, 2.75) is 56.5 Å². The minimum absolute atomic E-state index is 0.0263. The lowest BCUT2D eigenvalue weighted by atomic mass is 10.00. The lowest BCUT2D eigenvalue weighted by Crippen LogP contribution is -2.49. The van der Waals surface area contributed by atoms with Crippen LogP contribution >= 0.6 is 0 Å². The van der Waals surface area contributed by atoms with Gasteiger partial charge in [0.15, 0.2) is 11.5 Å². The van der Waals surface area contributed by atoms with Crippen LogP contribution in [0.2, 0.25) is 0 Å². The average molecular weight is 329 g/mol. The number of Topliss-reactive ketones (excluding diaryl/α,β-unsaturated/α-hetero) is 1. The Labute approximate surface area is 141 Å².